The molecule has 2 aromatic carbocycles. The molecule has 1 amide bonds. The third-order valence-corrected chi connectivity index (χ3v) is 3.46. The largest absolute Gasteiger partial charge is 0.506 e. The normalized spacial score (nSPS) is 16.2. The van der Waals surface area contributed by atoms with Gasteiger partial charge in [-0.05, 0) is 48.4 Å². The van der Waals surface area contributed by atoms with E-state index in [4.69, 9.17) is 10.00 Å². The number of halogens is 1. The van der Waals surface area contributed by atoms with Gasteiger partial charge < -0.3 is 9.84 Å². The molecule has 0 radical (unpaired) electrons. The highest BCUT2D eigenvalue weighted by Crippen LogP contribution is 2.40. The van der Waals surface area contributed by atoms with Gasteiger partial charge >= 0.3 is 6.09 Å². The summed E-state index contributed by atoms with van der Waals surface area (Å²) >= 11 is 0. The van der Waals surface area contributed by atoms with Gasteiger partial charge in [0.2, 0.25) is 0 Å². The lowest BCUT2D eigenvalue weighted by molar-refractivity contribution is 0.116. The van der Waals surface area contributed by atoms with Crippen molar-refractivity contribution in [1.82, 2.24) is 0 Å². The fourth-order valence-corrected chi connectivity index (χ4v) is 2.45. The van der Waals surface area contributed by atoms with E-state index in [-0.39, 0.29) is 17.0 Å². The number of carbonyl (C=O) groups excluding carboxylic acids is 1. The number of hydrogen-bond acceptors (Lipinski definition) is 4. The van der Waals surface area contributed by atoms with Crippen LogP contribution in [0.4, 0.5) is 14.9 Å². The van der Waals surface area contributed by atoms with Gasteiger partial charge in [0.05, 0.1) is 17.3 Å². The Kier molecular flexibility index (Phi) is 3.18. The minimum atomic E-state index is -0.638. The Labute approximate surface area is 125 Å². The van der Waals surface area contributed by atoms with Gasteiger partial charge in [0.25, 0.3) is 0 Å². The second-order valence-electron chi connectivity index (χ2n) is 4.97. The number of amides is 1. The van der Waals surface area contributed by atoms with E-state index >= 15 is 0 Å². The van der Waals surface area contributed by atoms with Crippen LogP contribution in [0.2, 0.25) is 0 Å². The van der Waals surface area contributed by atoms with E-state index in [0.717, 1.165) is 6.07 Å². The first-order valence-electron chi connectivity index (χ1n) is 6.53. The van der Waals surface area contributed by atoms with Crippen LogP contribution in [0.15, 0.2) is 30.3 Å². The molecule has 0 aromatic heterocycles. The number of ether oxygens (including phenoxy) is 1. The monoisotopic (exact) mass is 298 g/mol. The summed E-state index contributed by atoms with van der Waals surface area (Å²) in [5.41, 5.74) is 2.03. The molecule has 2 N–H and O–H groups in total. The molecule has 5 nitrogen and oxygen atoms in total. The molecule has 1 aliphatic heterocycles. The van der Waals surface area contributed by atoms with Crippen molar-refractivity contribution < 1.29 is 19.0 Å². The fourth-order valence-electron chi connectivity index (χ4n) is 2.45. The van der Waals surface area contributed by atoms with E-state index in [1.807, 2.05) is 6.07 Å². The van der Waals surface area contributed by atoms with Crippen LogP contribution in [0.1, 0.15) is 24.2 Å². The number of hydrogen-bond donors (Lipinski definition) is 2. The number of nitrogens with zero attached hydrogens (tertiary/aromatic N) is 1. The maximum Gasteiger partial charge on any atom is 0.412 e. The highest BCUT2D eigenvalue weighted by atomic mass is 19.1. The molecular formula is C16H11FN2O3. The number of fused-ring (bicyclic) bond motifs is 1. The molecule has 1 heterocycles. The Bertz CT molecular complexity index is 827. The lowest BCUT2D eigenvalue weighted by Crippen LogP contribution is -2.23. The Balaban J connectivity index is 2.16. The molecule has 1 unspecified atom stereocenters. The number of benzene rings is 2. The highest BCUT2D eigenvalue weighted by Gasteiger charge is 2.26. The average Bonchev–Trinajstić information content (AvgIpc) is 2.47. The van der Waals surface area contributed by atoms with Gasteiger partial charge in [0, 0.05) is 5.56 Å². The summed E-state index contributed by atoms with van der Waals surface area (Å²) in [5.74, 6) is -0.678. The fraction of sp³-hybridized carbons (Fsp3) is 0.125. The maximum absolute atomic E-state index is 13.6. The molecular weight excluding hydrogens is 287 g/mol. The molecule has 6 heteroatoms. The van der Waals surface area contributed by atoms with Gasteiger partial charge in [-0.15, -0.1) is 0 Å². The highest BCUT2D eigenvalue weighted by molar-refractivity contribution is 5.91. The van der Waals surface area contributed by atoms with Crippen molar-refractivity contribution >= 4 is 11.8 Å². The summed E-state index contributed by atoms with van der Waals surface area (Å²) in [5, 5.41) is 21.5. The second kappa shape index (κ2) is 5.04. The van der Waals surface area contributed by atoms with Crippen molar-refractivity contribution in [3.8, 4) is 22.9 Å². The van der Waals surface area contributed by atoms with Crippen LogP contribution in [0.5, 0.6) is 5.75 Å². The number of phenols is 1. The Hall–Kier alpha value is -3.07. The van der Waals surface area contributed by atoms with Crippen molar-refractivity contribution in [2.45, 2.75) is 13.0 Å². The van der Waals surface area contributed by atoms with Crippen molar-refractivity contribution in [2.24, 2.45) is 0 Å². The molecule has 0 saturated heterocycles. The molecule has 22 heavy (non-hydrogen) atoms. The summed E-state index contributed by atoms with van der Waals surface area (Å²) in [6.45, 7) is 1.67. The lowest BCUT2D eigenvalue weighted by Gasteiger charge is -2.25. The predicted octanol–water partition coefficient (Wildman–Crippen LogP) is 3.69. The molecule has 0 spiro atoms. The smallest absolute Gasteiger partial charge is 0.412 e. The second-order valence-corrected chi connectivity index (χ2v) is 4.97. The van der Waals surface area contributed by atoms with E-state index < -0.39 is 18.0 Å². The number of nitriles is 1. The van der Waals surface area contributed by atoms with Crippen LogP contribution >= 0.6 is 0 Å². The molecule has 110 valence electrons. The van der Waals surface area contributed by atoms with Gasteiger partial charge in [0.1, 0.15) is 17.7 Å². The minimum Gasteiger partial charge on any atom is -0.506 e. The Morgan fingerprint density at radius 2 is 2.00 bits per heavy atom. The third kappa shape index (κ3) is 2.33. The molecule has 0 aliphatic carbocycles. The number of carbonyl (C=O) groups is 1. The first-order valence-corrected chi connectivity index (χ1v) is 6.53. The van der Waals surface area contributed by atoms with Crippen LogP contribution in [0.25, 0.3) is 11.1 Å². The van der Waals surface area contributed by atoms with Crippen LogP contribution < -0.4 is 5.32 Å². The first-order chi connectivity index (χ1) is 10.5. The molecule has 0 fully saturated rings. The SMILES string of the molecule is CC1OC(=O)Nc2c(O)cc(-c3cc(F)cc(C#N)c3)cc21. The van der Waals surface area contributed by atoms with Gasteiger partial charge in [-0.2, -0.15) is 5.26 Å². The number of rotatable bonds is 1. The van der Waals surface area contributed by atoms with Crippen molar-refractivity contribution in [3.63, 3.8) is 0 Å². The van der Waals surface area contributed by atoms with E-state index in [2.05, 4.69) is 5.32 Å². The zero-order valence-electron chi connectivity index (χ0n) is 11.6. The first kappa shape index (κ1) is 13.9. The van der Waals surface area contributed by atoms with Gasteiger partial charge in [-0.25, -0.2) is 9.18 Å². The number of cyclic esters (lactones) is 1. The third-order valence-electron chi connectivity index (χ3n) is 3.46. The van der Waals surface area contributed by atoms with Crippen LogP contribution in [-0.4, -0.2) is 11.2 Å². The van der Waals surface area contributed by atoms with Gasteiger partial charge in [-0.3, -0.25) is 5.32 Å². The minimum absolute atomic E-state index is 0.140. The van der Waals surface area contributed by atoms with E-state index in [0.29, 0.717) is 16.7 Å². The Morgan fingerprint density at radius 1 is 1.27 bits per heavy atom. The molecule has 2 aromatic rings. The standard InChI is InChI=1S/C16H11FN2O3/c1-8-13-5-11(6-14(20)15(13)19-16(21)22-8)10-2-9(7-18)3-12(17)4-10/h2-6,8,20H,1H3,(H,19,21). The van der Waals surface area contributed by atoms with Crippen LogP contribution in [0.3, 0.4) is 0 Å². The van der Waals surface area contributed by atoms with Crippen LogP contribution in [-0.2, 0) is 4.74 Å². The zero-order valence-corrected chi connectivity index (χ0v) is 11.6. The lowest BCUT2D eigenvalue weighted by atomic mass is 9.97. The van der Waals surface area contributed by atoms with Gasteiger partial charge in [0.15, 0.2) is 0 Å². The molecule has 0 bridgehead atoms. The number of aromatic hydroxyl groups is 1. The predicted molar refractivity (Wildman–Crippen MR) is 76.7 cm³/mol. The molecule has 0 saturated carbocycles. The summed E-state index contributed by atoms with van der Waals surface area (Å²) in [4.78, 5) is 11.3. The quantitative estimate of drug-likeness (QED) is 0.786. The zero-order chi connectivity index (χ0) is 15.9. The van der Waals surface area contributed by atoms with Gasteiger partial charge in [-0.1, -0.05) is 0 Å². The van der Waals surface area contributed by atoms with Crippen LogP contribution in [0, 0.1) is 17.1 Å². The van der Waals surface area contributed by atoms with Crippen molar-refractivity contribution in [2.75, 3.05) is 5.32 Å². The molecule has 1 atom stereocenters. The molecule has 3 rings (SSSR count). The van der Waals surface area contributed by atoms with Crippen molar-refractivity contribution in [1.29, 1.82) is 5.26 Å². The number of phenolic OH excluding ortho intramolecular Hbond substituents is 1. The summed E-state index contributed by atoms with van der Waals surface area (Å²) in [6, 6.07) is 8.92. The van der Waals surface area contributed by atoms with Crippen molar-refractivity contribution in [3.05, 3.63) is 47.3 Å². The summed E-state index contributed by atoms with van der Waals surface area (Å²) in [6.07, 6.45) is -1.18. The van der Waals surface area contributed by atoms with E-state index in [1.165, 1.54) is 18.2 Å². The van der Waals surface area contributed by atoms with E-state index in [1.54, 1.807) is 13.0 Å². The van der Waals surface area contributed by atoms with E-state index in [9.17, 15) is 14.3 Å². The topological polar surface area (TPSA) is 82.3 Å². The maximum atomic E-state index is 13.6. The Morgan fingerprint density at radius 3 is 2.73 bits per heavy atom. The molecule has 1 aliphatic rings. The average molecular weight is 298 g/mol. The summed E-state index contributed by atoms with van der Waals surface area (Å²) in [7, 11) is 0. The number of nitrogens with one attached hydrogen (secondary N) is 1. The number of anilines is 1. The summed E-state index contributed by atoms with van der Waals surface area (Å²) < 4.78 is 18.6.